The van der Waals surface area contributed by atoms with E-state index in [2.05, 4.69) is 36.2 Å². The van der Waals surface area contributed by atoms with Gasteiger partial charge in [-0.3, -0.25) is 4.68 Å². The van der Waals surface area contributed by atoms with Crippen LogP contribution < -0.4 is 10.1 Å². The molecule has 31 heavy (non-hydrogen) atoms. The van der Waals surface area contributed by atoms with E-state index in [1.165, 1.54) is 6.42 Å². The Bertz CT molecular complexity index is 876. The second kappa shape index (κ2) is 9.30. The van der Waals surface area contributed by atoms with Gasteiger partial charge in [0.1, 0.15) is 5.75 Å². The summed E-state index contributed by atoms with van der Waals surface area (Å²) in [4.78, 5) is 17.5. The number of amides is 2. The molecule has 2 aliphatic rings. The average Bonchev–Trinajstić information content (AvgIpc) is 3.42. The van der Waals surface area contributed by atoms with Crippen molar-refractivity contribution in [1.29, 1.82) is 0 Å². The molecule has 1 aromatic carbocycles. The fourth-order valence-electron chi connectivity index (χ4n) is 4.72. The van der Waals surface area contributed by atoms with Gasteiger partial charge in [-0.1, -0.05) is 26.0 Å². The lowest BCUT2D eigenvalue weighted by Crippen LogP contribution is -2.49. The Balaban J connectivity index is 1.42. The molecule has 0 spiro atoms. The number of nitrogens with one attached hydrogen (secondary N) is 1. The van der Waals surface area contributed by atoms with E-state index in [-0.39, 0.29) is 12.1 Å². The lowest BCUT2D eigenvalue weighted by Gasteiger charge is -2.31. The molecule has 3 atom stereocenters. The highest BCUT2D eigenvalue weighted by Gasteiger charge is 2.43. The van der Waals surface area contributed by atoms with Crippen LogP contribution in [0.4, 0.5) is 4.79 Å². The predicted octanol–water partition coefficient (Wildman–Crippen LogP) is 3.26. The quantitative estimate of drug-likeness (QED) is 0.705. The van der Waals surface area contributed by atoms with Crippen LogP contribution in [0.25, 0.3) is 0 Å². The minimum atomic E-state index is -0.00834. The van der Waals surface area contributed by atoms with Crippen molar-refractivity contribution in [3.8, 4) is 5.75 Å². The van der Waals surface area contributed by atoms with Crippen molar-refractivity contribution in [3.63, 3.8) is 0 Å². The van der Waals surface area contributed by atoms with Gasteiger partial charge in [0, 0.05) is 38.4 Å². The number of likely N-dealkylation sites (tertiary alicyclic amines) is 1. The minimum absolute atomic E-state index is 0.00834. The molecule has 0 radical (unpaired) electrons. The number of aryl methyl sites for hydroxylation is 1. The van der Waals surface area contributed by atoms with Crippen molar-refractivity contribution in [2.24, 2.45) is 18.9 Å². The van der Waals surface area contributed by atoms with Gasteiger partial charge < -0.3 is 19.9 Å². The van der Waals surface area contributed by atoms with Crippen LogP contribution in [0.15, 0.2) is 36.5 Å². The van der Waals surface area contributed by atoms with Crippen LogP contribution >= 0.6 is 0 Å². The molecule has 1 aliphatic carbocycles. The van der Waals surface area contributed by atoms with E-state index in [1.54, 1.807) is 4.68 Å². The van der Waals surface area contributed by atoms with E-state index >= 15 is 0 Å². The number of rotatable bonds is 8. The molecule has 2 heterocycles. The Morgan fingerprint density at radius 2 is 1.97 bits per heavy atom. The SMILES string of the molecule is CC(C)COc1ccc(CN(Cc2ccn(C)n2)C(=O)NC2CC3CC2CN3C)cc1. The maximum absolute atomic E-state index is 13.3. The average molecular weight is 426 g/mol. The maximum atomic E-state index is 13.3. The molecule has 2 amide bonds. The van der Waals surface area contributed by atoms with Gasteiger partial charge in [-0.25, -0.2) is 4.79 Å². The normalized spacial score (nSPS) is 22.8. The molecule has 2 fully saturated rings. The molecule has 168 valence electrons. The highest BCUT2D eigenvalue weighted by Crippen LogP contribution is 2.36. The van der Waals surface area contributed by atoms with Crippen LogP contribution in [-0.2, 0) is 20.1 Å². The summed E-state index contributed by atoms with van der Waals surface area (Å²) in [5.74, 6) is 1.92. The van der Waals surface area contributed by atoms with Crippen LogP contribution in [0.1, 0.15) is 37.9 Å². The number of carbonyl (C=O) groups excluding carboxylic acids is 1. The second-order valence-corrected chi connectivity index (χ2v) is 9.57. The molecule has 2 bridgehead atoms. The molecule has 7 nitrogen and oxygen atoms in total. The maximum Gasteiger partial charge on any atom is 0.318 e. The van der Waals surface area contributed by atoms with Crippen LogP contribution in [-0.4, -0.2) is 57.9 Å². The third kappa shape index (κ3) is 5.39. The molecule has 1 aromatic heterocycles. The number of hydrogen-bond acceptors (Lipinski definition) is 4. The van der Waals surface area contributed by atoms with Gasteiger partial charge in [-0.15, -0.1) is 0 Å². The number of nitrogens with zero attached hydrogens (tertiary/aromatic N) is 4. The van der Waals surface area contributed by atoms with Crippen LogP contribution in [0.2, 0.25) is 0 Å². The molecule has 3 unspecified atom stereocenters. The van der Waals surface area contributed by atoms with Gasteiger partial charge in [-0.05, 0) is 55.5 Å². The zero-order valence-electron chi connectivity index (χ0n) is 19.1. The van der Waals surface area contributed by atoms with Crippen LogP contribution in [0, 0.1) is 11.8 Å². The third-order valence-corrected chi connectivity index (χ3v) is 6.41. The van der Waals surface area contributed by atoms with Crippen molar-refractivity contribution in [3.05, 3.63) is 47.8 Å². The molecule has 4 rings (SSSR count). The molecule has 2 aromatic rings. The number of urea groups is 1. The largest absolute Gasteiger partial charge is 0.493 e. The van der Waals surface area contributed by atoms with Crippen molar-refractivity contribution in [1.82, 2.24) is 24.9 Å². The van der Waals surface area contributed by atoms with Crippen LogP contribution in [0.3, 0.4) is 0 Å². The first-order valence-electron chi connectivity index (χ1n) is 11.3. The topological polar surface area (TPSA) is 62.6 Å². The number of carbonyl (C=O) groups is 1. The summed E-state index contributed by atoms with van der Waals surface area (Å²) in [5, 5.41) is 7.80. The number of aromatic nitrogens is 2. The fraction of sp³-hybridized carbons (Fsp3) is 0.583. The third-order valence-electron chi connectivity index (χ3n) is 6.41. The first kappa shape index (κ1) is 21.7. The van der Waals surface area contributed by atoms with Gasteiger partial charge in [0.2, 0.25) is 0 Å². The highest BCUT2D eigenvalue weighted by atomic mass is 16.5. The number of hydrogen-bond donors (Lipinski definition) is 1. The van der Waals surface area contributed by atoms with E-state index in [0.717, 1.165) is 30.0 Å². The highest BCUT2D eigenvalue weighted by molar-refractivity contribution is 5.74. The van der Waals surface area contributed by atoms with E-state index in [4.69, 9.17) is 4.74 Å². The summed E-state index contributed by atoms with van der Waals surface area (Å²) in [6, 6.07) is 10.9. The Kier molecular flexibility index (Phi) is 6.51. The van der Waals surface area contributed by atoms with Crippen molar-refractivity contribution >= 4 is 6.03 Å². The molecule has 1 N–H and O–H groups in total. The van der Waals surface area contributed by atoms with E-state index in [1.807, 2.05) is 48.5 Å². The monoisotopic (exact) mass is 425 g/mol. The van der Waals surface area contributed by atoms with E-state index in [9.17, 15) is 4.79 Å². The summed E-state index contributed by atoms with van der Waals surface area (Å²) >= 11 is 0. The first-order chi connectivity index (χ1) is 14.9. The van der Waals surface area contributed by atoms with Gasteiger partial charge in [0.25, 0.3) is 0 Å². The zero-order valence-corrected chi connectivity index (χ0v) is 19.1. The number of fused-ring (bicyclic) bond motifs is 2. The molecular formula is C24H35N5O2. The minimum Gasteiger partial charge on any atom is -0.493 e. The first-order valence-corrected chi connectivity index (χ1v) is 11.3. The van der Waals surface area contributed by atoms with Crippen LogP contribution in [0.5, 0.6) is 5.75 Å². The lowest BCUT2D eigenvalue weighted by atomic mass is 10.0. The van der Waals surface area contributed by atoms with Gasteiger partial charge >= 0.3 is 6.03 Å². The Morgan fingerprint density at radius 1 is 1.19 bits per heavy atom. The summed E-state index contributed by atoms with van der Waals surface area (Å²) in [7, 11) is 4.08. The molecule has 1 saturated carbocycles. The van der Waals surface area contributed by atoms with Gasteiger partial charge in [0.05, 0.1) is 18.8 Å². The predicted molar refractivity (Wildman–Crippen MR) is 121 cm³/mol. The van der Waals surface area contributed by atoms with Crippen molar-refractivity contribution < 1.29 is 9.53 Å². The Morgan fingerprint density at radius 3 is 2.55 bits per heavy atom. The van der Waals surface area contributed by atoms with Gasteiger partial charge in [0.15, 0.2) is 0 Å². The summed E-state index contributed by atoms with van der Waals surface area (Å²) < 4.78 is 7.57. The van der Waals surface area contributed by atoms with Gasteiger partial charge in [-0.2, -0.15) is 5.10 Å². The standard InChI is InChI=1S/C24H35N5O2/c1-17(2)16-31-22-7-5-18(6-8-22)13-29(15-20-9-10-28(4)26-20)24(30)25-23-12-21-11-19(23)14-27(21)3/h5-10,17,19,21,23H,11-16H2,1-4H3,(H,25,30). The second-order valence-electron chi connectivity index (χ2n) is 9.57. The Hall–Kier alpha value is -2.54. The smallest absolute Gasteiger partial charge is 0.318 e. The van der Waals surface area contributed by atoms with Crippen molar-refractivity contribution in [2.75, 3.05) is 20.2 Å². The number of benzene rings is 1. The van der Waals surface area contributed by atoms with Crippen molar-refractivity contribution in [2.45, 2.75) is 51.9 Å². The number of ether oxygens (including phenoxy) is 1. The molecule has 7 heteroatoms. The molecule has 1 aliphatic heterocycles. The van der Waals surface area contributed by atoms with E-state index in [0.29, 0.717) is 37.6 Å². The summed E-state index contributed by atoms with van der Waals surface area (Å²) in [6.45, 7) is 7.07. The lowest BCUT2D eigenvalue weighted by molar-refractivity contribution is 0.173. The van der Waals surface area contributed by atoms with E-state index < -0.39 is 0 Å². The molecule has 1 saturated heterocycles. The summed E-state index contributed by atoms with van der Waals surface area (Å²) in [5.41, 5.74) is 1.97. The molecular weight excluding hydrogens is 390 g/mol. The summed E-state index contributed by atoms with van der Waals surface area (Å²) in [6.07, 6.45) is 4.16. The Labute approximate surface area is 185 Å². The zero-order chi connectivity index (χ0) is 22.0. The number of piperidine rings is 1. The fourth-order valence-corrected chi connectivity index (χ4v) is 4.72.